The number of likely N-dealkylation sites (tertiary alicyclic amines) is 1. The number of hydrogen-bond acceptors (Lipinski definition) is 4. The molecule has 0 radical (unpaired) electrons. The van der Waals surface area contributed by atoms with Crippen LogP contribution in [0.3, 0.4) is 0 Å². The van der Waals surface area contributed by atoms with Gasteiger partial charge in [0.15, 0.2) is 0 Å². The van der Waals surface area contributed by atoms with Crippen LogP contribution in [0, 0.1) is 0 Å². The molecule has 1 aliphatic heterocycles. The zero-order valence-corrected chi connectivity index (χ0v) is 14.7. The zero-order valence-electron chi connectivity index (χ0n) is 14.7. The molecule has 2 amide bonds. The highest BCUT2D eigenvalue weighted by Crippen LogP contribution is 2.15. The summed E-state index contributed by atoms with van der Waals surface area (Å²) in [4.78, 5) is 26.8. The van der Waals surface area contributed by atoms with Crippen molar-refractivity contribution in [2.45, 2.75) is 12.8 Å². The highest BCUT2D eigenvalue weighted by atomic mass is 16.2. The molecular weight excluding hydrogens is 328 g/mol. The fourth-order valence-electron chi connectivity index (χ4n) is 3.04. The van der Waals surface area contributed by atoms with E-state index < -0.39 is 0 Å². The molecule has 2 aromatic carbocycles. The zero-order chi connectivity index (χ0) is 18.4. The quantitative estimate of drug-likeness (QED) is 0.697. The molecular formula is C20H24N4O2. The Kier molecular flexibility index (Phi) is 5.86. The van der Waals surface area contributed by atoms with Crippen molar-refractivity contribution in [2.75, 3.05) is 37.2 Å². The van der Waals surface area contributed by atoms with Crippen LogP contribution < -0.4 is 16.4 Å². The normalized spacial score (nSPS) is 14.2. The van der Waals surface area contributed by atoms with Gasteiger partial charge in [-0.25, -0.2) is 0 Å². The number of nitrogens with one attached hydrogen (secondary N) is 2. The fraction of sp³-hybridized carbons (Fsp3) is 0.300. The van der Waals surface area contributed by atoms with Crippen LogP contribution in [0.2, 0.25) is 0 Å². The summed E-state index contributed by atoms with van der Waals surface area (Å²) in [6.07, 6.45) is 2.49. The number of hydrogen-bond donors (Lipinski definition) is 3. The number of nitrogen functional groups attached to an aromatic ring is 1. The van der Waals surface area contributed by atoms with Gasteiger partial charge in [-0.3, -0.25) is 9.59 Å². The van der Waals surface area contributed by atoms with Crippen molar-refractivity contribution in [3.05, 3.63) is 59.7 Å². The van der Waals surface area contributed by atoms with Gasteiger partial charge in [0, 0.05) is 30.0 Å². The Hall–Kier alpha value is -2.86. The van der Waals surface area contributed by atoms with Crippen molar-refractivity contribution in [2.24, 2.45) is 0 Å². The van der Waals surface area contributed by atoms with Gasteiger partial charge < -0.3 is 21.3 Å². The van der Waals surface area contributed by atoms with Gasteiger partial charge in [-0.05, 0) is 62.3 Å². The van der Waals surface area contributed by atoms with Crippen LogP contribution >= 0.6 is 0 Å². The van der Waals surface area contributed by atoms with E-state index in [0.717, 1.165) is 19.6 Å². The Morgan fingerprint density at radius 1 is 0.962 bits per heavy atom. The first-order valence-corrected chi connectivity index (χ1v) is 8.90. The highest BCUT2D eigenvalue weighted by molar-refractivity contribution is 6.07. The average Bonchev–Trinajstić information content (AvgIpc) is 3.16. The molecule has 6 nitrogen and oxygen atoms in total. The summed E-state index contributed by atoms with van der Waals surface area (Å²) in [5.74, 6) is -0.375. The first-order chi connectivity index (χ1) is 12.6. The lowest BCUT2D eigenvalue weighted by Gasteiger charge is -2.14. The van der Waals surface area contributed by atoms with Crippen molar-refractivity contribution in [3.63, 3.8) is 0 Å². The lowest BCUT2D eigenvalue weighted by atomic mass is 10.1. The molecule has 1 aliphatic rings. The minimum atomic E-state index is -0.272. The molecule has 0 aromatic heterocycles. The predicted molar refractivity (Wildman–Crippen MR) is 103 cm³/mol. The lowest BCUT2D eigenvalue weighted by molar-refractivity contribution is 0.0949. The summed E-state index contributed by atoms with van der Waals surface area (Å²) in [5.41, 5.74) is 7.86. The van der Waals surface area contributed by atoms with Crippen LogP contribution in [0.4, 0.5) is 11.4 Å². The van der Waals surface area contributed by atoms with Crippen LogP contribution in [0.5, 0.6) is 0 Å². The third-order valence-electron chi connectivity index (χ3n) is 4.52. The highest BCUT2D eigenvalue weighted by Gasteiger charge is 2.12. The van der Waals surface area contributed by atoms with E-state index in [4.69, 9.17) is 5.73 Å². The van der Waals surface area contributed by atoms with Gasteiger partial charge in [-0.1, -0.05) is 12.1 Å². The van der Waals surface area contributed by atoms with Gasteiger partial charge in [0.2, 0.25) is 0 Å². The average molecular weight is 352 g/mol. The second-order valence-electron chi connectivity index (χ2n) is 6.42. The number of anilines is 2. The summed E-state index contributed by atoms with van der Waals surface area (Å²) >= 11 is 0. The molecule has 0 atom stereocenters. The number of carbonyl (C=O) groups is 2. The molecule has 0 bridgehead atoms. The van der Waals surface area contributed by atoms with E-state index in [0.29, 0.717) is 29.0 Å². The standard InChI is InChI=1S/C20H24N4O2/c21-18-6-2-1-5-17(18)20(26)23-16-9-7-15(8-10-16)19(25)22-11-14-24-12-3-4-13-24/h1-2,5-10H,3-4,11-14,21H2,(H,22,25)(H,23,26). The van der Waals surface area contributed by atoms with Crippen LogP contribution in [0.15, 0.2) is 48.5 Å². The van der Waals surface area contributed by atoms with Gasteiger partial charge in [-0.2, -0.15) is 0 Å². The van der Waals surface area contributed by atoms with Crippen LogP contribution in [-0.4, -0.2) is 42.9 Å². The molecule has 2 aromatic rings. The van der Waals surface area contributed by atoms with Gasteiger partial charge in [0.25, 0.3) is 11.8 Å². The third-order valence-corrected chi connectivity index (χ3v) is 4.52. The minimum absolute atomic E-state index is 0.102. The Balaban J connectivity index is 1.51. The number of rotatable bonds is 6. The van der Waals surface area contributed by atoms with Crippen LogP contribution in [0.25, 0.3) is 0 Å². The maximum absolute atomic E-state index is 12.2. The molecule has 1 fully saturated rings. The summed E-state index contributed by atoms with van der Waals surface area (Å²) in [5, 5.41) is 5.72. The Morgan fingerprint density at radius 3 is 2.35 bits per heavy atom. The van der Waals surface area contributed by atoms with Gasteiger partial charge in [-0.15, -0.1) is 0 Å². The number of nitrogens with zero attached hydrogens (tertiary/aromatic N) is 1. The molecule has 0 spiro atoms. The summed E-state index contributed by atoms with van der Waals surface area (Å²) in [6.45, 7) is 3.77. The molecule has 0 unspecified atom stereocenters. The molecule has 1 heterocycles. The molecule has 26 heavy (non-hydrogen) atoms. The smallest absolute Gasteiger partial charge is 0.257 e. The van der Waals surface area contributed by atoms with Gasteiger partial charge in [0.1, 0.15) is 0 Å². The van der Waals surface area contributed by atoms with E-state index in [-0.39, 0.29) is 11.8 Å². The van der Waals surface area contributed by atoms with E-state index in [1.807, 2.05) is 0 Å². The predicted octanol–water partition coefficient (Wildman–Crippen LogP) is 2.35. The van der Waals surface area contributed by atoms with Crippen LogP contribution in [-0.2, 0) is 0 Å². The minimum Gasteiger partial charge on any atom is -0.398 e. The van der Waals surface area contributed by atoms with Crippen molar-refractivity contribution in [1.29, 1.82) is 0 Å². The first-order valence-electron chi connectivity index (χ1n) is 8.90. The fourth-order valence-corrected chi connectivity index (χ4v) is 3.04. The monoisotopic (exact) mass is 352 g/mol. The number of amides is 2. The summed E-state index contributed by atoms with van der Waals surface area (Å²) in [6, 6.07) is 13.7. The lowest BCUT2D eigenvalue weighted by Crippen LogP contribution is -2.33. The molecule has 4 N–H and O–H groups in total. The molecule has 6 heteroatoms. The van der Waals surface area contributed by atoms with E-state index >= 15 is 0 Å². The van der Waals surface area contributed by atoms with Crippen molar-refractivity contribution >= 4 is 23.2 Å². The largest absolute Gasteiger partial charge is 0.398 e. The second-order valence-corrected chi connectivity index (χ2v) is 6.42. The Bertz CT molecular complexity index is 768. The summed E-state index contributed by atoms with van der Waals surface area (Å²) in [7, 11) is 0. The van der Waals surface area contributed by atoms with E-state index in [9.17, 15) is 9.59 Å². The number of benzene rings is 2. The first kappa shape index (κ1) is 17.9. The molecule has 136 valence electrons. The number of nitrogens with two attached hydrogens (primary N) is 1. The van der Waals surface area contributed by atoms with Crippen molar-refractivity contribution < 1.29 is 9.59 Å². The third kappa shape index (κ3) is 4.61. The maximum atomic E-state index is 12.2. The van der Waals surface area contributed by atoms with Gasteiger partial charge in [0.05, 0.1) is 5.56 Å². The SMILES string of the molecule is Nc1ccccc1C(=O)Nc1ccc(C(=O)NCCN2CCCC2)cc1. The van der Waals surface area contributed by atoms with E-state index in [2.05, 4.69) is 15.5 Å². The maximum Gasteiger partial charge on any atom is 0.257 e. The van der Waals surface area contributed by atoms with Crippen LogP contribution in [0.1, 0.15) is 33.6 Å². The molecule has 0 saturated carbocycles. The van der Waals surface area contributed by atoms with Crippen molar-refractivity contribution in [1.82, 2.24) is 10.2 Å². The topological polar surface area (TPSA) is 87.5 Å². The summed E-state index contributed by atoms with van der Waals surface area (Å²) < 4.78 is 0. The molecule has 0 aliphatic carbocycles. The van der Waals surface area contributed by atoms with E-state index in [1.54, 1.807) is 48.5 Å². The van der Waals surface area contributed by atoms with E-state index in [1.165, 1.54) is 12.8 Å². The Morgan fingerprint density at radius 2 is 1.65 bits per heavy atom. The number of carbonyl (C=O) groups excluding carboxylic acids is 2. The number of para-hydroxylation sites is 1. The molecule has 3 rings (SSSR count). The molecule has 1 saturated heterocycles. The van der Waals surface area contributed by atoms with Gasteiger partial charge >= 0.3 is 0 Å². The Labute approximate surface area is 153 Å². The second kappa shape index (κ2) is 8.49. The van der Waals surface area contributed by atoms with Crippen molar-refractivity contribution in [3.8, 4) is 0 Å².